The van der Waals surface area contributed by atoms with E-state index in [0.29, 0.717) is 0 Å². The molecule has 1 aromatic heterocycles. The van der Waals surface area contributed by atoms with Gasteiger partial charge < -0.3 is 9.63 Å². The fraction of sp³-hybridized carbons (Fsp3) is 0.357. The van der Waals surface area contributed by atoms with Crippen LogP contribution in [0.3, 0.4) is 0 Å². The zero-order valence-corrected chi connectivity index (χ0v) is 11.4. The normalized spacial score (nSPS) is 12.6. The highest BCUT2D eigenvalue weighted by atomic mass is 32.2. The first kappa shape index (κ1) is 13.2. The van der Waals surface area contributed by atoms with Gasteiger partial charge >= 0.3 is 0 Å². The molecular formula is C14H17NO2S. The van der Waals surface area contributed by atoms with Crippen LogP contribution in [0.4, 0.5) is 0 Å². The molecule has 0 amide bonds. The summed E-state index contributed by atoms with van der Waals surface area (Å²) in [5.41, 5.74) is 3.16. The molecule has 0 fully saturated rings. The second kappa shape index (κ2) is 6.07. The zero-order valence-electron chi connectivity index (χ0n) is 10.6. The van der Waals surface area contributed by atoms with Crippen molar-refractivity contribution in [3.63, 3.8) is 0 Å². The Morgan fingerprint density at radius 3 is 2.72 bits per heavy atom. The van der Waals surface area contributed by atoms with Crippen LogP contribution in [0, 0.1) is 6.92 Å². The Bertz CT molecular complexity index is 493. The predicted octanol–water partition coefficient (Wildman–Crippen LogP) is 3.26. The summed E-state index contributed by atoms with van der Waals surface area (Å²) in [7, 11) is 0. The van der Waals surface area contributed by atoms with Gasteiger partial charge in [0.05, 0.1) is 12.4 Å². The summed E-state index contributed by atoms with van der Waals surface area (Å²) in [5.74, 6) is 1.58. The molecule has 0 aliphatic heterocycles. The van der Waals surface area contributed by atoms with Crippen LogP contribution in [0.1, 0.15) is 18.2 Å². The minimum Gasteiger partial charge on any atom is -0.395 e. The number of hydrogen-bond acceptors (Lipinski definition) is 4. The molecule has 0 aliphatic carbocycles. The third-order valence-corrected chi connectivity index (χ3v) is 3.84. The molecule has 96 valence electrons. The zero-order chi connectivity index (χ0) is 13.0. The van der Waals surface area contributed by atoms with E-state index in [1.165, 1.54) is 5.56 Å². The van der Waals surface area contributed by atoms with Crippen molar-refractivity contribution >= 4 is 11.8 Å². The van der Waals surface area contributed by atoms with Gasteiger partial charge in [-0.05, 0) is 6.92 Å². The van der Waals surface area contributed by atoms with Gasteiger partial charge in [-0.25, -0.2) is 0 Å². The van der Waals surface area contributed by atoms with Gasteiger partial charge in [0, 0.05) is 16.9 Å². The Hall–Kier alpha value is -1.26. The molecule has 0 aliphatic rings. The largest absolute Gasteiger partial charge is 0.395 e. The van der Waals surface area contributed by atoms with Crippen molar-refractivity contribution in [3.8, 4) is 11.3 Å². The van der Waals surface area contributed by atoms with Gasteiger partial charge in [-0.2, -0.15) is 0 Å². The summed E-state index contributed by atoms with van der Waals surface area (Å²) in [6, 6.07) is 10.2. The molecular weight excluding hydrogens is 246 g/mol. The summed E-state index contributed by atoms with van der Waals surface area (Å²) in [4.78, 5) is 0. The van der Waals surface area contributed by atoms with Crippen LogP contribution in [0.5, 0.6) is 0 Å². The summed E-state index contributed by atoms with van der Waals surface area (Å²) < 4.78 is 5.29. The minimum absolute atomic E-state index is 0.184. The molecule has 3 nitrogen and oxygen atoms in total. The Morgan fingerprint density at radius 1 is 1.33 bits per heavy atom. The van der Waals surface area contributed by atoms with Crippen LogP contribution in [-0.4, -0.2) is 22.1 Å². The molecule has 1 aromatic carbocycles. The Morgan fingerprint density at radius 2 is 2.06 bits per heavy atom. The highest BCUT2D eigenvalue weighted by Gasteiger charge is 2.08. The number of aliphatic hydroxyl groups excluding tert-OH is 1. The van der Waals surface area contributed by atoms with Crippen molar-refractivity contribution in [2.45, 2.75) is 24.9 Å². The first-order valence-corrected chi connectivity index (χ1v) is 6.99. The molecule has 1 N–H and O–H groups in total. The number of aliphatic hydroxyl groups is 1. The third kappa shape index (κ3) is 3.37. The van der Waals surface area contributed by atoms with E-state index in [2.05, 4.69) is 24.2 Å². The number of thioether (sulfide) groups is 1. The van der Waals surface area contributed by atoms with E-state index in [1.54, 1.807) is 11.8 Å². The number of hydrogen-bond donors (Lipinski definition) is 1. The molecule has 0 saturated heterocycles. The van der Waals surface area contributed by atoms with Crippen molar-refractivity contribution < 1.29 is 9.63 Å². The first-order valence-electron chi connectivity index (χ1n) is 5.94. The van der Waals surface area contributed by atoms with E-state index in [0.717, 1.165) is 22.8 Å². The van der Waals surface area contributed by atoms with Gasteiger partial charge in [-0.15, -0.1) is 11.8 Å². The summed E-state index contributed by atoms with van der Waals surface area (Å²) in [6.07, 6.45) is 0. The van der Waals surface area contributed by atoms with Crippen LogP contribution < -0.4 is 0 Å². The average molecular weight is 263 g/mol. The minimum atomic E-state index is 0.184. The quantitative estimate of drug-likeness (QED) is 0.899. The molecule has 1 unspecified atom stereocenters. The van der Waals surface area contributed by atoms with Crippen molar-refractivity contribution in [2.24, 2.45) is 0 Å². The Balaban J connectivity index is 2.03. The van der Waals surface area contributed by atoms with Gasteiger partial charge in [0.15, 0.2) is 0 Å². The number of aryl methyl sites for hydroxylation is 1. The van der Waals surface area contributed by atoms with Crippen LogP contribution in [0.25, 0.3) is 11.3 Å². The second-order valence-electron chi connectivity index (χ2n) is 4.35. The van der Waals surface area contributed by atoms with Crippen LogP contribution in [0.2, 0.25) is 0 Å². The number of nitrogens with zero attached hydrogens (tertiary/aromatic N) is 1. The van der Waals surface area contributed by atoms with E-state index >= 15 is 0 Å². The molecule has 0 spiro atoms. The number of benzene rings is 1. The molecule has 1 heterocycles. The fourth-order valence-electron chi connectivity index (χ4n) is 1.52. The molecule has 4 heteroatoms. The summed E-state index contributed by atoms with van der Waals surface area (Å²) in [5, 5.41) is 13.2. The van der Waals surface area contributed by atoms with E-state index in [1.807, 2.05) is 25.1 Å². The Labute approximate surface area is 111 Å². The van der Waals surface area contributed by atoms with E-state index < -0.39 is 0 Å². The molecule has 1 atom stereocenters. The number of rotatable bonds is 5. The highest BCUT2D eigenvalue weighted by Crippen LogP contribution is 2.23. The van der Waals surface area contributed by atoms with Crippen molar-refractivity contribution in [3.05, 3.63) is 41.7 Å². The molecule has 0 bridgehead atoms. The van der Waals surface area contributed by atoms with E-state index in [4.69, 9.17) is 9.63 Å². The second-order valence-corrected chi connectivity index (χ2v) is 5.78. The van der Waals surface area contributed by atoms with Gasteiger partial charge in [0.25, 0.3) is 0 Å². The van der Waals surface area contributed by atoms with Gasteiger partial charge in [-0.3, -0.25) is 0 Å². The summed E-state index contributed by atoms with van der Waals surface area (Å²) in [6.45, 7) is 4.23. The maximum Gasteiger partial charge on any atom is 0.147 e. The van der Waals surface area contributed by atoms with E-state index in [-0.39, 0.29) is 11.9 Å². The van der Waals surface area contributed by atoms with Crippen molar-refractivity contribution in [2.75, 3.05) is 6.61 Å². The first-order chi connectivity index (χ1) is 8.69. The standard InChI is InChI=1S/C14H17NO2S/c1-10-3-5-12(6-4-10)14-7-13(17-15-14)9-18-11(2)8-16/h3-7,11,16H,8-9H2,1-2H3. The van der Waals surface area contributed by atoms with Gasteiger partial charge in [-0.1, -0.05) is 41.9 Å². The third-order valence-electron chi connectivity index (χ3n) is 2.67. The highest BCUT2D eigenvalue weighted by molar-refractivity contribution is 7.99. The number of aromatic nitrogens is 1. The Kier molecular flexibility index (Phi) is 4.44. The SMILES string of the molecule is Cc1ccc(-c2cc(CSC(C)CO)on2)cc1. The van der Waals surface area contributed by atoms with Crippen molar-refractivity contribution in [1.82, 2.24) is 5.16 Å². The molecule has 2 rings (SSSR count). The topological polar surface area (TPSA) is 46.3 Å². The lowest BCUT2D eigenvalue weighted by Gasteiger charge is -2.03. The average Bonchev–Trinajstić information content (AvgIpc) is 2.85. The maximum absolute atomic E-state index is 8.95. The predicted molar refractivity (Wildman–Crippen MR) is 74.5 cm³/mol. The maximum atomic E-state index is 8.95. The van der Waals surface area contributed by atoms with Gasteiger partial charge in [0.1, 0.15) is 11.5 Å². The molecule has 2 aromatic rings. The molecule has 0 radical (unpaired) electrons. The summed E-state index contributed by atoms with van der Waals surface area (Å²) >= 11 is 1.66. The fourth-order valence-corrected chi connectivity index (χ4v) is 2.21. The molecule has 18 heavy (non-hydrogen) atoms. The lowest BCUT2D eigenvalue weighted by atomic mass is 10.1. The lowest BCUT2D eigenvalue weighted by Crippen LogP contribution is -2.01. The lowest BCUT2D eigenvalue weighted by molar-refractivity contribution is 0.300. The van der Waals surface area contributed by atoms with Crippen molar-refractivity contribution in [1.29, 1.82) is 0 Å². The van der Waals surface area contributed by atoms with Crippen LogP contribution >= 0.6 is 11.8 Å². The molecule has 0 saturated carbocycles. The van der Waals surface area contributed by atoms with Crippen LogP contribution in [-0.2, 0) is 5.75 Å². The van der Waals surface area contributed by atoms with Gasteiger partial charge in [0.2, 0.25) is 0 Å². The van der Waals surface area contributed by atoms with E-state index in [9.17, 15) is 0 Å². The van der Waals surface area contributed by atoms with Crippen LogP contribution in [0.15, 0.2) is 34.9 Å². The monoisotopic (exact) mass is 263 g/mol. The smallest absolute Gasteiger partial charge is 0.147 e.